The van der Waals surface area contributed by atoms with Crippen LogP contribution in [0.2, 0.25) is 0 Å². The smallest absolute Gasteiger partial charge is 0.337 e. The molecular weight excluding hydrogens is 324 g/mol. The first kappa shape index (κ1) is 18.8. The lowest BCUT2D eigenvalue weighted by Crippen LogP contribution is -2.40. The number of rotatable bonds is 6. The molecule has 2 N–H and O–H groups in total. The third-order valence-electron chi connectivity index (χ3n) is 4.21. The minimum absolute atomic E-state index is 0.110. The van der Waals surface area contributed by atoms with Crippen molar-refractivity contribution in [3.05, 3.63) is 23.8 Å². The van der Waals surface area contributed by atoms with Gasteiger partial charge in [0, 0.05) is 25.2 Å². The van der Waals surface area contributed by atoms with Crippen molar-refractivity contribution < 1.29 is 24.2 Å². The van der Waals surface area contributed by atoms with Gasteiger partial charge in [-0.1, -0.05) is 6.92 Å². The van der Waals surface area contributed by atoms with Crippen molar-refractivity contribution in [2.24, 2.45) is 5.92 Å². The highest BCUT2D eigenvalue weighted by Crippen LogP contribution is 2.29. The fraction of sp³-hybridized carbons (Fsp3) is 0.500. The van der Waals surface area contributed by atoms with Gasteiger partial charge in [0.1, 0.15) is 0 Å². The van der Waals surface area contributed by atoms with Gasteiger partial charge in [0.05, 0.1) is 23.8 Å². The highest BCUT2D eigenvalue weighted by atomic mass is 16.5. The molecule has 1 amide bonds. The van der Waals surface area contributed by atoms with E-state index in [1.54, 1.807) is 26.0 Å². The number of amides is 1. The molecule has 1 aromatic carbocycles. The number of anilines is 2. The summed E-state index contributed by atoms with van der Waals surface area (Å²) in [6.07, 6.45) is 1.84. The van der Waals surface area contributed by atoms with E-state index in [0.29, 0.717) is 37.5 Å². The van der Waals surface area contributed by atoms with E-state index in [1.807, 2.05) is 4.90 Å². The van der Waals surface area contributed by atoms with E-state index in [4.69, 9.17) is 4.74 Å². The van der Waals surface area contributed by atoms with E-state index < -0.39 is 5.97 Å². The predicted octanol–water partition coefficient (Wildman–Crippen LogP) is 2.51. The first-order valence-corrected chi connectivity index (χ1v) is 8.55. The Morgan fingerprint density at radius 1 is 1.32 bits per heavy atom. The van der Waals surface area contributed by atoms with E-state index >= 15 is 0 Å². The number of nitrogens with one attached hydrogen (secondary N) is 1. The van der Waals surface area contributed by atoms with Crippen LogP contribution in [0.25, 0.3) is 0 Å². The highest BCUT2D eigenvalue weighted by Gasteiger charge is 2.29. The maximum absolute atomic E-state index is 12.0. The van der Waals surface area contributed by atoms with E-state index in [9.17, 15) is 19.5 Å². The average molecular weight is 348 g/mol. The van der Waals surface area contributed by atoms with Crippen LogP contribution in [0.15, 0.2) is 18.2 Å². The summed E-state index contributed by atoms with van der Waals surface area (Å²) >= 11 is 0. The van der Waals surface area contributed by atoms with Crippen LogP contribution in [0.4, 0.5) is 11.4 Å². The Kier molecular flexibility index (Phi) is 6.38. The molecule has 1 aromatic rings. The molecule has 0 spiro atoms. The molecule has 25 heavy (non-hydrogen) atoms. The van der Waals surface area contributed by atoms with Crippen molar-refractivity contribution in [3.63, 3.8) is 0 Å². The van der Waals surface area contributed by atoms with Gasteiger partial charge in [0.15, 0.2) is 0 Å². The molecule has 2 rings (SSSR count). The largest absolute Gasteiger partial charge is 0.478 e. The fourth-order valence-electron chi connectivity index (χ4n) is 2.96. The molecule has 7 nitrogen and oxygen atoms in total. The number of ether oxygens (including phenoxy) is 1. The van der Waals surface area contributed by atoms with Gasteiger partial charge < -0.3 is 20.1 Å². The van der Waals surface area contributed by atoms with E-state index in [-0.39, 0.29) is 23.4 Å². The Labute approximate surface area is 147 Å². The van der Waals surface area contributed by atoms with Gasteiger partial charge in [-0.25, -0.2) is 4.79 Å². The molecule has 1 saturated heterocycles. The summed E-state index contributed by atoms with van der Waals surface area (Å²) in [6, 6.07) is 4.82. The predicted molar refractivity (Wildman–Crippen MR) is 93.9 cm³/mol. The van der Waals surface area contributed by atoms with Crippen LogP contribution in [-0.2, 0) is 14.3 Å². The number of benzene rings is 1. The number of carbonyl (C=O) groups excluding carboxylic acids is 2. The van der Waals surface area contributed by atoms with Gasteiger partial charge in [-0.05, 0) is 38.0 Å². The number of carboxylic acids is 1. The van der Waals surface area contributed by atoms with Crippen LogP contribution in [-0.4, -0.2) is 42.6 Å². The second-order valence-electron chi connectivity index (χ2n) is 5.98. The van der Waals surface area contributed by atoms with Gasteiger partial charge in [-0.2, -0.15) is 0 Å². The van der Waals surface area contributed by atoms with Crippen LogP contribution in [0.5, 0.6) is 0 Å². The van der Waals surface area contributed by atoms with Crippen LogP contribution in [0, 0.1) is 5.92 Å². The standard InChI is InChI=1S/C18H24N2O5/c1-3-16(21)19-13-7-8-15(14(10-13)17(22)23)20-9-5-6-12(11-20)18(24)25-4-2/h7-8,10,12H,3-6,9,11H2,1-2H3,(H,19,21)(H,22,23). The molecule has 0 aromatic heterocycles. The molecule has 1 fully saturated rings. The summed E-state index contributed by atoms with van der Waals surface area (Å²) in [4.78, 5) is 37.1. The second kappa shape index (κ2) is 8.50. The Morgan fingerprint density at radius 2 is 2.08 bits per heavy atom. The summed E-state index contributed by atoms with van der Waals surface area (Å²) in [5, 5.41) is 12.2. The molecule has 136 valence electrons. The van der Waals surface area contributed by atoms with Crippen LogP contribution < -0.4 is 10.2 Å². The lowest BCUT2D eigenvalue weighted by molar-refractivity contribution is -0.148. The third kappa shape index (κ3) is 4.71. The first-order chi connectivity index (χ1) is 12.0. The molecule has 0 saturated carbocycles. The van der Waals surface area contributed by atoms with Crippen LogP contribution in [0.3, 0.4) is 0 Å². The summed E-state index contributed by atoms with van der Waals surface area (Å²) in [7, 11) is 0. The van der Waals surface area contributed by atoms with Crippen molar-refractivity contribution in [2.45, 2.75) is 33.1 Å². The molecule has 1 heterocycles. The Balaban J connectivity index is 2.23. The van der Waals surface area contributed by atoms with Gasteiger partial charge in [-0.15, -0.1) is 0 Å². The fourth-order valence-corrected chi connectivity index (χ4v) is 2.96. The van der Waals surface area contributed by atoms with Crippen LogP contribution >= 0.6 is 0 Å². The molecular formula is C18H24N2O5. The number of nitrogens with zero attached hydrogens (tertiary/aromatic N) is 1. The number of aromatic carboxylic acids is 1. The van der Waals surface area contributed by atoms with Gasteiger partial charge >= 0.3 is 11.9 Å². The highest BCUT2D eigenvalue weighted by molar-refractivity contribution is 5.98. The molecule has 1 aliphatic rings. The minimum atomic E-state index is -1.07. The Hall–Kier alpha value is -2.57. The maximum atomic E-state index is 12.0. The molecule has 7 heteroatoms. The molecule has 0 aliphatic carbocycles. The summed E-state index contributed by atoms with van der Waals surface area (Å²) in [6.45, 7) is 4.94. The van der Waals surface area contributed by atoms with Crippen molar-refractivity contribution in [1.82, 2.24) is 0 Å². The second-order valence-corrected chi connectivity index (χ2v) is 5.98. The zero-order valence-corrected chi connectivity index (χ0v) is 14.6. The van der Waals surface area contributed by atoms with Crippen molar-refractivity contribution >= 4 is 29.2 Å². The lowest BCUT2D eigenvalue weighted by Gasteiger charge is -2.34. The molecule has 0 bridgehead atoms. The number of hydrogen-bond acceptors (Lipinski definition) is 5. The number of esters is 1. The van der Waals surface area contributed by atoms with Crippen molar-refractivity contribution in [1.29, 1.82) is 0 Å². The normalized spacial score (nSPS) is 17.0. The first-order valence-electron chi connectivity index (χ1n) is 8.55. The van der Waals surface area contributed by atoms with E-state index in [2.05, 4.69) is 5.32 Å². The van der Waals surface area contributed by atoms with Crippen LogP contribution in [0.1, 0.15) is 43.5 Å². The summed E-state index contributed by atoms with van der Waals surface area (Å²) in [5.74, 6) is -1.74. The minimum Gasteiger partial charge on any atom is -0.478 e. The quantitative estimate of drug-likeness (QED) is 0.767. The Morgan fingerprint density at radius 3 is 2.72 bits per heavy atom. The molecule has 0 radical (unpaired) electrons. The summed E-state index contributed by atoms with van der Waals surface area (Å²) < 4.78 is 5.09. The van der Waals surface area contributed by atoms with E-state index in [0.717, 1.165) is 12.8 Å². The number of carboxylic acid groups (broad SMARTS) is 1. The molecule has 1 atom stereocenters. The maximum Gasteiger partial charge on any atom is 0.337 e. The van der Waals surface area contributed by atoms with Crippen molar-refractivity contribution in [2.75, 3.05) is 29.9 Å². The van der Waals surface area contributed by atoms with E-state index in [1.165, 1.54) is 6.07 Å². The molecule has 1 aliphatic heterocycles. The van der Waals surface area contributed by atoms with Gasteiger partial charge in [0.25, 0.3) is 0 Å². The Bertz CT molecular complexity index is 659. The SMILES string of the molecule is CCOC(=O)C1CCCN(c2ccc(NC(=O)CC)cc2C(=O)O)C1. The third-order valence-corrected chi connectivity index (χ3v) is 4.21. The van der Waals surface area contributed by atoms with Gasteiger partial charge in [-0.3, -0.25) is 9.59 Å². The monoisotopic (exact) mass is 348 g/mol. The number of piperidine rings is 1. The molecule has 1 unspecified atom stereocenters. The topological polar surface area (TPSA) is 95.9 Å². The zero-order chi connectivity index (χ0) is 18.4. The van der Waals surface area contributed by atoms with Gasteiger partial charge in [0.2, 0.25) is 5.91 Å². The lowest BCUT2D eigenvalue weighted by atomic mass is 9.96. The number of carbonyl (C=O) groups is 3. The zero-order valence-electron chi connectivity index (χ0n) is 14.6. The average Bonchev–Trinajstić information content (AvgIpc) is 2.61. The van der Waals surface area contributed by atoms with Crippen molar-refractivity contribution in [3.8, 4) is 0 Å². The summed E-state index contributed by atoms with van der Waals surface area (Å²) in [5.41, 5.74) is 1.11. The number of hydrogen-bond donors (Lipinski definition) is 2.